The summed E-state index contributed by atoms with van der Waals surface area (Å²) in [6, 6.07) is 1.17. The van der Waals surface area contributed by atoms with Crippen molar-refractivity contribution < 1.29 is 9.47 Å². The molecule has 1 N–H and O–H groups in total. The van der Waals surface area contributed by atoms with Crippen LogP contribution in [0.4, 0.5) is 0 Å². The Bertz CT molecular complexity index is 217. The van der Waals surface area contributed by atoms with E-state index in [0.29, 0.717) is 12.1 Å². The van der Waals surface area contributed by atoms with Crippen molar-refractivity contribution in [3.05, 3.63) is 0 Å². The van der Waals surface area contributed by atoms with E-state index in [1.807, 2.05) is 0 Å². The largest absolute Gasteiger partial charge is 0.384 e. The van der Waals surface area contributed by atoms with Gasteiger partial charge in [0.2, 0.25) is 0 Å². The first kappa shape index (κ1) is 13.3. The molecule has 0 aromatic carbocycles. The molecule has 2 saturated heterocycles. The summed E-state index contributed by atoms with van der Waals surface area (Å²) in [7, 11) is 3.87. The molecule has 0 aliphatic carbocycles. The normalized spacial score (nSPS) is 32.8. The lowest BCUT2D eigenvalue weighted by Gasteiger charge is -2.42. The molecule has 2 aliphatic rings. The molecule has 2 fully saturated rings. The second-order valence-electron chi connectivity index (χ2n) is 5.26. The van der Waals surface area contributed by atoms with Crippen LogP contribution in [0.5, 0.6) is 0 Å². The molecular formula is C13H26N2O2. The molecule has 0 aromatic heterocycles. The highest BCUT2D eigenvalue weighted by molar-refractivity contribution is 4.88. The van der Waals surface area contributed by atoms with Gasteiger partial charge in [0.05, 0.1) is 6.61 Å². The van der Waals surface area contributed by atoms with Crippen LogP contribution in [-0.4, -0.2) is 64.1 Å². The summed E-state index contributed by atoms with van der Waals surface area (Å²) in [4.78, 5) is 2.60. The molecule has 2 rings (SSSR count). The number of likely N-dealkylation sites (N-methyl/N-ethyl adjacent to an activating group) is 1. The molecule has 0 saturated carbocycles. The molecule has 0 spiro atoms. The van der Waals surface area contributed by atoms with E-state index in [1.54, 1.807) is 7.11 Å². The topological polar surface area (TPSA) is 33.7 Å². The Morgan fingerprint density at radius 2 is 2.06 bits per heavy atom. The molecule has 0 bridgehead atoms. The first-order chi connectivity index (χ1) is 8.35. The molecule has 2 atom stereocenters. The van der Waals surface area contributed by atoms with E-state index in [9.17, 15) is 0 Å². The van der Waals surface area contributed by atoms with Crippen molar-refractivity contribution >= 4 is 0 Å². The van der Waals surface area contributed by atoms with Gasteiger partial charge in [0.15, 0.2) is 0 Å². The van der Waals surface area contributed by atoms with Crippen molar-refractivity contribution in [2.24, 2.45) is 5.92 Å². The molecule has 2 aliphatic heterocycles. The maximum atomic E-state index is 5.64. The van der Waals surface area contributed by atoms with E-state index in [-0.39, 0.29) is 0 Å². The lowest BCUT2D eigenvalue weighted by Crippen LogP contribution is -2.56. The lowest BCUT2D eigenvalue weighted by molar-refractivity contribution is -0.0179. The Morgan fingerprint density at radius 3 is 2.71 bits per heavy atom. The maximum absolute atomic E-state index is 5.64. The van der Waals surface area contributed by atoms with E-state index >= 15 is 0 Å². The summed E-state index contributed by atoms with van der Waals surface area (Å²) in [5.74, 6) is 0.758. The number of ether oxygens (including phenoxy) is 2. The molecular weight excluding hydrogens is 216 g/mol. The van der Waals surface area contributed by atoms with E-state index in [0.717, 1.165) is 32.2 Å². The monoisotopic (exact) mass is 242 g/mol. The predicted molar refractivity (Wildman–Crippen MR) is 68.2 cm³/mol. The van der Waals surface area contributed by atoms with E-state index in [1.165, 1.54) is 25.9 Å². The maximum Gasteiger partial charge on any atom is 0.0637 e. The Labute approximate surface area is 105 Å². The second kappa shape index (κ2) is 6.69. The van der Waals surface area contributed by atoms with E-state index < -0.39 is 0 Å². The first-order valence-corrected chi connectivity index (χ1v) is 6.83. The number of hydrogen-bond acceptors (Lipinski definition) is 4. The molecule has 2 unspecified atom stereocenters. The molecule has 0 amide bonds. The van der Waals surface area contributed by atoms with E-state index in [2.05, 4.69) is 17.3 Å². The Hall–Kier alpha value is -0.160. The van der Waals surface area contributed by atoms with Gasteiger partial charge in [-0.1, -0.05) is 0 Å². The Morgan fingerprint density at radius 1 is 1.29 bits per heavy atom. The SMILES string of the molecule is CNC1CCOCC1N1CCC(COC)CC1. The number of methoxy groups -OCH3 is 1. The van der Waals surface area contributed by atoms with Gasteiger partial charge >= 0.3 is 0 Å². The van der Waals surface area contributed by atoms with Crippen LogP contribution in [-0.2, 0) is 9.47 Å². The summed E-state index contributed by atoms with van der Waals surface area (Å²) >= 11 is 0. The quantitative estimate of drug-likeness (QED) is 0.788. The molecule has 0 aromatic rings. The minimum Gasteiger partial charge on any atom is -0.384 e. The smallest absolute Gasteiger partial charge is 0.0637 e. The van der Waals surface area contributed by atoms with Gasteiger partial charge in [-0.2, -0.15) is 0 Å². The van der Waals surface area contributed by atoms with Crippen molar-refractivity contribution in [3.63, 3.8) is 0 Å². The Balaban J connectivity index is 1.82. The highest BCUT2D eigenvalue weighted by atomic mass is 16.5. The van der Waals surface area contributed by atoms with Crippen molar-refractivity contribution in [2.45, 2.75) is 31.3 Å². The van der Waals surface area contributed by atoms with Gasteiger partial charge in [-0.05, 0) is 45.3 Å². The third kappa shape index (κ3) is 3.41. The molecule has 100 valence electrons. The van der Waals surface area contributed by atoms with Gasteiger partial charge in [0, 0.05) is 32.4 Å². The summed E-state index contributed by atoms with van der Waals surface area (Å²) < 4.78 is 10.9. The molecule has 17 heavy (non-hydrogen) atoms. The standard InChI is InChI=1S/C13H26N2O2/c1-14-12-5-8-17-10-13(12)15-6-3-11(4-7-15)9-16-2/h11-14H,3-10H2,1-2H3. The zero-order valence-corrected chi connectivity index (χ0v) is 11.2. The highest BCUT2D eigenvalue weighted by Gasteiger charge is 2.32. The molecule has 0 radical (unpaired) electrons. The fourth-order valence-corrected chi connectivity index (χ4v) is 3.11. The number of rotatable bonds is 4. The van der Waals surface area contributed by atoms with Gasteiger partial charge in [0.25, 0.3) is 0 Å². The second-order valence-corrected chi connectivity index (χ2v) is 5.26. The summed E-state index contributed by atoms with van der Waals surface area (Å²) in [6.45, 7) is 5.10. The fraction of sp³-hybridized carbons (Fsp3) is 1.00. The van der Waals surface area contributed by atoms with Gasteiger partial charge in [-0.25, -0.2) is 0 Å². The van der Waals surface area contributed by atoms with Gasteiger partial charge in [-0.3, -0.25) is 4.90 Å². The third-order valence-electron chi connectivity index (χ3n) is 4.22. The average Bonchev–Trinajstić information content (AvgIpc) is 2.40. The van der Waals surface area contributed by atoms with Crippen LogP contribution in [0.3, 0.4) is 0 Å². The van der Waals surface area contributed by atoms with Crippen molar-refractivity contribution in [2.75, 3.05) is 47.1 Å². The minimum atomic E-state index is 0.567. The number of piperidine rings is 1. The predicted octanol–water partition coefficient (Wildman–Crippen LogP) is 0.722. The molecule has 4 heteroatoms. The van der Waals surface area contributed by atoms with E-state index in [4.69, 9.17) is 9.47 Å². The third-order valence-corrected chi connectivity index (χ3v) is 4.22. The van der Waals surface area contributed by atoms with Crippen LogP contribution in [0.15, 0.2) is 0 Å². The highest BCUT2D eigenvalue weighted by Crippen LogP contribution is 2.22. The lowest BCUT2D eigenvalue weighted by atomic mass is 9.94. The summed E-state index contributed by atoms with van der Waals surface area (Å²) in [5, 5.41) is 3.44. The van der Waals surface area contributed by atoms with Crippen LogP contribution in [0.1, 0.15) is 19.3 Å². The van der Waals surface area contributed by atoms with Crippen LogP contribution >= 0.6 is 0 Å². The average molecular weight is 242 g/mol. The number of hydrogen-bond donors (Lipinski definition) is 1. The molecule has 4 nitrogen and oxygen atoms in total. The van der Waals surface area contributed by atoms with Crippen LogP contribution in [0, 0.1) is 5.92 Å². The summed E-state index contributed by atoms with van der Waals surface area (Å²) in [6.07, 6.45) is 3.67. The van der Waals surface area contributed by atoms with Crippen LogP contribution in [0.2, 0.25) is 0 Å². The van der Waals surface area contributed by atoms with Crippen molar-refractivity contribution in [3.8, 4) is 0 Å². The Kier molecular flexibility index (Phi) is 5.22. The van der Waals surface area contributed by atoms with Crippen molar-refractivity contribution in [1.82, 2.24) is 10.2 Å². The van der Waals surface area contributed by atoms with Crippen LogP contribution < -0.4 is 5.32 Å². The zero-order chi connectivity index (χ0) is 12.1. The summed E-state index contributed by atoms with van der Waals surface area (Å²) in [5.41, 5.74) is 0. The van der Waals surface area contributed by atoms with Gasteiger partial charge < -0.3 is 14.8 Å². The van der Waals surface area contributed by atoms with Gasteiger partial charge in [0.1, 0.15) is 0 Å². The zero-order valence-electron chi connectivity index (χ0n) is 11.2. The first-order valence-electron chi connectivity index (χ1n) is 6.83. The number of likely N-dealkylation sites (tertiary alicyclic amines) is 1. The fourth-order valence-electron chi connectivity index (χ4n) is 3.11. The number of nitrogens with zero attached hydrogens (tertiary/aromatic N) is 1. The van der Waals surface area contributed by atoms with Crippen molar-refractivity contribution in [1.29, 1.82) is 0 Å². The number of nitrogens with one attached hydrogen (secondary N) is 1. The molecule has 2 heterocycles. The van der Waals surface area contributed by atoms with Gasteiger partial charge in [-0.15, -0.1) is 0 Å². The minimum absolute atomic E-state index is 0.567. The van der Waals surface area contributed by atoms with Crippen LogP contribution in [0.25, 0.3) is 0 Å².